The summed E-state index contributed by atoms with van der Waals surface area (Å²) < 4.78 is 25.7. The van der Waals surface area contributed by atoms with Gasteiger partial charge in [0.15, 0.2) is 16.7 Å². The molecule has 0 radical (unpaired) electrons. The molecule has 0 saturated heterocycles. The summed E-state index contributed by atoms with van der Waals surface area (Å²) in [6, 6.07) is 18.7. The lowest BCUT2D eigenvalue weighted by molar-refractivity contribution is -0.121. The lowest BCUT2D eigenvalue weighted by Gasteiger charge is -2.13. The van der Waals surface area contributed by atoms with Crippen molar-refractivity contribution in [1.82, 2.24) is 14.9 Å². The number of aromatic nitrogens is 2. The molecule has 1 amide bonds. The third kappa shape index (κ3) is 5.94. The van der Waals surface area contributed by atoms with Gasteiger partial charge >= 0.3 is 0 Å². The first-order valence-corrected chi connectivity index (χ1v) is 13.1. The molecule has 2 heterocycles. The van der Waals surface area contributed by atoms with Crippen LogP contribution in [0, 0.1) is 5.82 Å². The summed E-state index contributed by atoms with van der Waals surface area (Å²) in [6.45, 7) is 0.671. The van der Waals surface area contributed by atoms with Crippen molar-refractivity contribution >= 4 is 28.6 Å². The number of nitrogens with zero attached hydrogens (tertiary/aromatic N) is 2. The van der Waals surface area contributed by atoms with E-state index in [1.165, 1.54) is 28.5 Å². The number of hydrogen-bond donors (Lipinski definition) is 1. The molecule has 190 valence electrons. The zero-order valence-electron chi connectivity index (χ0n) is 20.1. The van der Waals surface area contributed by atoms with Gasteiger partial charge in [-0.05, 0) is 66.9 Å². The van der Waals surface area contributed by atoms with Crippen molar-refractivity contribution in [3.8, 4) is 17.2 Å². The molecule has 0 fully saturated rings. The Kier molecular flexibility index (Phi) is 7.70. The molecule has 0 unspecified atom stereocenters. The van der Waals surface area contributed by atoms with Gasteiger partial charge in [-0.15, -0.1) is 0 Å². The van der Waals surface area contributed by atoms with E-state index in [-0.39, 0.29) is 24.1 Å². The fraction of sp³-hybridized carbons (Fsp3) is 0.250. The molecule has 0 saturated carbocycles. The number of para-hydroxylation sites is 1. The quantitative estimate of drug-likeness (QED) is 0.176. The first-order chi connectivity index (χ1) is 18.1. The van der Waals surface area contributed by atoms with E-state index in [0.29, 0.717) is 40.5 Å². The normalized spacial score (nSPS) is 12.1. The van der Waals surface area contributed by atoms with E-state index in [1.807, 2.05) is 30.3 Å². The molecule has 5 rings (SSSR count). The second kappa shape index (κ2) is 11.5. The highest BCUT2D eigenvalue weighted by Crippen LogP contribution is 2.32. The molecular formula is C28H26FN3O4S. The summed E-state index contributed by atoms with van der Waals surface area (Å²) >= 11 is 1.49. The van der Waals surface area contributed by atoms with Crippen LogP contribution in [0.2, 0.25) is 0 Å². The minimum Gasteiger partial charge on any atom is -0.454 e. The number of amides is 1. The van der Waals surface area contributed by atoms with E-state index in [2.05, 4.69) is 5.32 Å². The van der Waals surface area contributed by atoms with Crippen LogP contribution in [-0.4, -0.2) is 28.0 Å². The Bertz CT molecular complexity index is 1470. The number of benzene rings is 3. The number of unbranched alkanes of at least 4 members (excludes halogenated alkanes) is 2. The Morgan fingerprint density at radius 3 is 2.68 bits per heavy atom. The molecule has 37 heavy (non-hydrogen) atoms. The van der Waals surface area contributed by atoms with Crippen LogP contribution in [-0.2, 0) is 11.3 Å². The number of ether oxygens (including phenoxy) is 2. The fourth-order valence-corrected chi connectivity index (χ4v) is 5.11. The van der Waals surface area contributed by atoms with Gasteiger partial charge < -0.3 is 14.8 Å². The van der Waals surface area contributed by atoms with Crippen LogP contribution in [0.15, 0.2) is 76.7 Å². The van der Waals surface area contributed by atoms with Crippen LogP contribution in [0.1, 0.15) is 31.2 Å². The third-order valence-electron chi connectivity index (χ3n) is 6.04. The summed E-state index contributed by atoms with van der Waals surface area (Å²) in [7, 11) is 0. The number of hydrogen-bond acceptors (Lipinski definition) is 6. The minimum atomic E-state index is -0.361. The van der Waals surface area contributed by atoms with Crippen molar-refractivity contribution in [1.29, 1.82) is 0 Å². The van der Waals surface area contributed by atoms with Gasteiger partial charge in [0.25, 0.3) is 5.56 Å². The number of carbonyl (C=O) groups excluding carboxylic acids is 1. The summed E-state index contributed by atoms with van der Waals surface area (Å²) in [5.41, 5.74) is 1.99. The van der Waals surface area contributed by atoms with Crippen molar-refractivity contribution in [3.63, 3.8) is 0 Å². The predicted octanol–water partition coefficient (Wildman–Crippen LogP) is 5.22. The highest BCUT2D eigenvalue weighted by molar-refractivity contribution is 7.99. The summed E-state index contributed by atoms with van der Waals surface area (Å²) in [5, 5.41) is 4.03. The Morgan fingerprint density at radius 1 is 1.00 bits per heavy atom. The molecule has 1 aliphatic rings. The first-order valence-electron chi connectivity index (χ1n) is 12.1. The van der Waals surface area contributed by atoms with Gasteiger partial charge in [0, 0.05) is 18.7 Å². The molecule has 3 aromatic carbocycles. The van der Waals surface area contributed by atoms with Crippen LogP contribution in [0.3, 0.4) is 0 Å². The Hall–Kier alpha value is -3.85. The molecular weight excluding hydrogens is 493 g/mol. The molecule has 0 spiro atoms. The van der Waals surface area contributed by atoms with Crippen LogP contribution in [0.4, 0.5) is 4.39 Å². The van der Waals surface area contributed by atoms with E-state index < -0.39 is 0 Å². The van der Waals surface area contributed by atoms with Gasteiger partial charge in [-0.25, -0.2) is 9.37 Å². The third-order valence-corrected chi connectivity index (χ3v) is 7.06. The molecule has 0 atom stereocenters. The first kappa shape index (κ1) is 24.8. The van der Waals surface area contributed by atoms with Crippen LogP contribution >= 0.6 is 11.8 Å². The SMILES string of the molecule is O=C(CCCCCSc1nc2ccccc2c(=O)n1-c1ccc(F)cc1)NCc1ccc2c(c1)OCO2. The monoisotopic (exact) mass is 519 g/mol. The van der Waals surface area contributed by atoms with Gasteiger partial charge in [-0.2, -0.15) is 0 Å². The Morgan fingerprint density at radius 2 is 1.81 bits per heavy atom. The van der Waals surface area contributed by atoms with E-state index in [9.17, 15) is 14.0 Å². The summed E-state index contributed by atoms with van der Waals surface area (Å²) in [5.74, 6) is 1.81. The second-order valence-corrected chi connectivity index (χ2v) is 9.71. The predicted molar refractivity (Wildman–Crippen MR) is 141 cm³/mol. The highest BCUT2D eigenvalue weighted by Gasteiger charge is 2.15. The second-order valence-electron chi connectivity index (χ2n) is 8.65. The molecule has 0 bridgehead atoms. The lowest BCUT2D eigenvalue weighted by atomic mass is 10.2. The van der Waals surface area contributed by atoms with Crippen LogP contribution in [0.5, 0.6) is 11.5 Å². The Balaban J connectivity index is 1.12. The van der Waals surface area contributed by atoms with Crippen LogP contribution < -0.4 is 20.3 Å². The average Bonchev–Trinajstić information content (AvgIpc) is 3.38. The average molecular weight is 520 g/mol. The van der Waals surface area contributed by atoms with Crippen molar-refractivity contribution < 1.29 is 18.7 Å². The zero-order valence-corrected chi connectivity index (χ0v) is 20.9. The highest BCUT2D eigenvalue weighted by atomic mass is 32.2. The van der Waals surface area contributed by atoms with E-state index in [4.69, 9.17) is 14.5 Å². The topological polar surface area (TPSA) is 82.5 Å². The molecule has 4 aromatic rings. The summed E-state index contributed by atoms with van der Waals surface area (Å²) in [6.07, 6.45) is 2.96. The van der Waals surface area contributed by atoms with Gasteiger partial charge in [0.2, 0.25) is 12.7 Å². The summed E-state index contributed by atoms with van der Waals surface area (Å²) in [4.78, 5) is 30.2. The number of nitrogens with one attached hydrogen (secondary N) is 1. The molecule has 0 aliphatic carbocycles. The van der Waals surface area contributed by atoms with Gasteiger partial charge in [0.1, 0.15) is 5.82 Å². The maximum absolute atomic E-state index is 13.5. The van der Waals surface area contributed by atoms with E-state index in [0.717, 1.165) is 36.3 Å². The number of halogens is 1. The van der Waals surface area contributed by atoms with Crippen molar-refractivity contribution in [2.45, 2.75) is 37.4 Å². The van der Waals surface area contributed by atoms with E-state index in [1.54, 1.807) is 24.3 Å². The minimum absolute atomic E-state index is 0.00617. The Labute approximate surface area is 217 Å². The number of carbonyl (C=O) groups is 1. The van der Waals surface area contributed by atoms with Crippen molar-refractivity contribution in [2.24, 2.45) is 0 Å². The van der Waals surface area contributed by atoms with Crippen molar-refractivity contribution in [3.05, 3.63) is 88.5 Å². The largest absolute Gasteiger partial charge is 0.454 e. The van der Waals surface area contributed by atoms with Crippen LogP contribution in [0.25, 0.3) is 16.6 Å². The molecule has 9 heteroatoms. The number of thioether (sulfide) groups is 1. The van der Waals surface area contributed by atoms with Gasteiger partial charge in [0.05, 0.1) is 16.6 Å². The van der Waals surface area contributed by atoms with Crippen molar-refractivity contribution in [2.75, 3.05) is 12.5 Å². The van der Waals surface area contributed by atoms with Gasteiger partial charge in [-0.3, -0.25) is 14.2 Å². The number of fused-ring (bicyclic) bond motifs is 2. The lowest BCUT2D eigenvalue weighted by Crippen LogP contribution is -2.22. The number of rotatable bonds is 10. The molecule has 1 aromatic heterocycles. The smallest absolute Gasteiger partial charge is 0.266 e. The fourth-order valence-electron chi connectivity index (χ4n) is 4.09. The van der Waals surface area contributed by atoms with E-state index >= 15 is 0 Å². The molecule has 1 N–H and O–H groups in total. The maximum Gasteiger partial charge on any atom is 0.266 e. The standard InChI is InChI=1S/C28H26FN3O4S/c29-20-10-12-21(13-11-20)32-27(34)22-6-3-4-7-23(22)31-28(32)37-15-5-1-2-8-26(33)30-17-19-9-14-24-25(16-19)36-18-35-24/h3-4,6-7,9-14,16H,1-2,5,8,15,17-18H2,(H,30,33). The molecule has 1 aliphatic heterocycles. The zero-order chi connectivity index (χ0) is 25.6. The maximum atomic E-state index is 13.5. The molecule has 7 nitrogen and oxygen atoms in total. The van der Waals surface area contributed by atoms with Gasteiger partial charge in [-0.1, -0.05) is 36.4 Å².